The zero-order valence-electron chi connectivity index (χ0n) is 16.8. The van der Waals surface area contributed by atoms with Crippen molar-refractivity contribution < 1.29 is 14.4 Å². The SMILES string of the molecule is Cc1cccc(NC(=O)NC(C)NC(=O)c2ccccc2C(=O)c2ccccc2)c1. The highest BCUT2D eigenvalue weighted by atomic mass is 16.2. The zero-order chi connectivity index (χ0) is 21.5. The van der Waals surface area contributed by atoms with Gasteiger partial charge in [-0.2, -0.15) is 0 Å². The van der Waals surface area contributed by atoms with Gasteiger partial charge in [-0.25, -0.2) is 4.79 Å². The van der Waals surface area contributed by atoms with E-state index >= 15 is 0 Å². The second-order valence-corrected chi connectivity index (χ2v) is 6.90. The van der Waals surface area contributed by atoms with Gasteiger partial charge in [0.15, 0.2) is 5.78 Å². The van der Waals surface area contributed by atoms with E-state index in [9.17, 15) is 14.4 Å². The van der Waals surface area contributed by atoms with E-state index in [0.29, 0.717) is 16.8 Å². The second kappa shape index (κ2) is 9.52. The van der Waals surface area contributed by atoms with Crippen LogP contribution in [0.3, 0.4) is 0 Å². The summed E-state index contributed by atoms with van der Waals surface area (Å²) in [7, 11) is 0. The standard InChI is InChI=1S/C24H23N3O3/c1-16-9-8-12-19(15-16)27-24(30)26-17(2)25-23(29)21-14-7-6-13-20(21)22(28)18-10-4-3-5-11-18/h3-15,17H,1-2H3,(H,25,29)(H2,26,27,30). The van der Waals surface area contributed by atoms with Crippen LogP contribution in [0.4, 0.5) is 10.5 Å². The van der Waals surface area contributed by atoms with Crippen molar-refractivity contribution in [1.82, 2.24) is 10.6 Å². The first-order chi connectivity index (χ1) is 14.4. The normalized spacial score (nSPS) is 11.3. The van der Waals surface area contributed by atoms with Crippen LogP contribution in [0.25, 0.3) is 0 Å². The van der Waals surface area contributed by atoms with E-state index in [-0.39, 0.29) is 11.3 Å². The number of hydrogen-bond donors (Lipinski definition) is 3. The largest absolute Gasteiger partial charge is 0.332 e. The minimum atomic E-state index is -0.651. The number of carbonyl (C=O) groups is 3. The number of benzene rings is 3. The molecule has 0 heterocycles. The van der Waals surface area contributed by atoms with Gasteiger partial charge in [-0.15, -0.1) is 0 Å². The molecule has 3 amide bonds. The number of hydrogen-bond acceptors (Lipinski definition) is 3. The Morgan fingerprint density at radius 2 is 1.43 bits per heavy atom. The van der Waals surface area contributed by atoms with E-state index in [2.05, 4.69) is 16.0 Å². The highest BCUT2D eigenvalue weighted by molar-refractivity contribution is 6.15. The van der Waals surface area contributed by atoms with Gasteiger partial charge in [-0.1, -0.05) is 60.7 Å². The first-order valence-corrected chi connectivity index (χ1v) is 9.58. The first-order valence-electron chi connectivity index (χ1n) is 9.58. The molecule has 0 spiro atoms. The summed E-state index contributed by atoms with van der Waals surface area (Å²) in [4.78, 5) is 37.8. The molecule has 0 saturated carbocycles. The van der Waals surface area contributed by atoms with E-state index < -0.39 is 18.1 Å². The van der Waals surface area contributed by atoms with Gasteiger partial charge in [0, 0.05) is 16.8 Å². The first kappa shape index (κ1) is 20.8. The van der Waals surface area contributed by atoms with Crippen molar-refractivity contribution in [2.24, 2.45) is 0 Å². The van der Waals surface area contributed by atoms with Gasteiger partial charge in [-0.3, -0.25) is 9.59 Å². The number of anilines is 1. The number of nitrogens with one attached hydrogen (secondary N) is 3. The molecule has 0 aliphatic rings. The minimum Gasteiger partial charge on any atom is -0.332 e. The fourth-order valence-corrected chi connectivity index (χ4v) is 3.02. The van der Waals surface area contributed by atoms with Crippen LogP contribution in [0.1, 0.15) is 38.8 Å². The Kier molecular flexibility index (Phi) is 6.60. The van der Waals surface area contributed by atoms with Crippen LogP contribution in [0.2, 0.25) is 0 Å². The lowest BCUT2D eigenvalue weighted by Crippen LogP contribution is -2.47. The number of carbonyl (C=O) groups excluding carboxylic acids is 3. The van der Waals surface area contributed by atoms with Crippen molar-refractivity contribution in [1.29, 1.82) is 0 Å². The highest BCUT2D eigenvalue weighted by Crippen LogP contribution is 2.15. The van der Waals surface area contributed by atoms with Gasteiger partial charge in [0.1, 0.15) is 6.17 Å². The molecule has 1 atom stereocenters. The number of amides is 3. The third-order valence-electron chi connectivity index (χ3n) is 4.42. The molecule has 0 radical (unpaired) electrons. The Morgan fingerprint density at radius 3 is 2.13 bits per heavy atom. The molecule has 0 aliphatic heterocycles. The summed E-state index contributed by atoms with van der Waals surface area (Å²) in [6, 6.07) is 22.3. The molecule has 30 heavy (non-hydrogen) atoms. The molecule has 3 rings (SSSR count). The molecule has 6 nitrogen and oxygen atoms in total. The monoisotopic (exact) mass is 401 g/mol. The second-order valence-electron chi connectivity index (χ2n) is 6.90. The molecule has 3 N–H and O–H groups in total. The highest BCUT2D eigenvalue weighted by Gasteiger charge is 2.19. The lowest BCUT2D eigenvalue weighted by molar-refractivity contribution is 0.0926. The van der Waals surface area contributed by atoms with Crippen LogP contribution >= 0.6 is 0 Å². The molecular weight excluding hydrogens is 378 g/mol. The zero-order valence-corrected chi connectivity index (χ0v) is 16.8. The van der Waals surface area contributed by atoms with Crippen molar-refractivity contribution >= 4 is 23.4 Å². The summed E-state index contributed by atoms with van der Waals surface area (Å²) < 4.78 is 0. The van der Waals surface area contributed by atoms with E-state index in [0.717, 1.165) is 5.56 Å². The lowest BCUT2D eigenvalue weighted by atomic mass is 9.98. The number of aryl methyl sites for hydroxylation is 1. The third kappa shape index (κ3) is 5.32. The Labute approximate surface area is 175 Å². The van der Waals surface area contributed by atoms with Crippen LogP contribution in [0.5, 0.6) is 0 Å². The summed E-state index contributed by atoms with van der Waals surface area (Å²) in [5, 5.41) is 8.09. The molecule has 3 aromatic carbocycles. The molecule has 152 valence electrons. The Balaban J connectivity index is 1.66. The van der Waals surface area contributed by atoms with Crippen LogP contribution in [0, 0.1) is 6.92 Å². The van der Waals surface area contributed by atoms with E-state index in [4.69, 9.17) is 0 Å². The summed E-state index contributed by atoms with van der Waals surface area (Å²) in [6.45, 7) is 3.58. The maximum absolute atomic E-state index is 12.8. The van der Waals surface area contributed by atoms with Crippen LogP contribution in [-0.2, 0) is 0 Å². The number of rotatable bonds is 6. The summed E-state index contributed by atoms with van der Waals surface area (Å²) in [5.41, 5.74) is 2.73. The van der Waals surface area contributed by atoms with Crippen molar-refractivity contribution in [3.8, 4) is 0 Å². The van der Waals surface area contributed by atoms with Gasteiger partial charge in [0.25, 0.3) is 5.91 Å². The van der Waals surface area contributed by atoms with Crippen molar-refractivity contribution in [2.75, 3.05) is 5.32 Å². The van der Waals surface area contributed by atoms with Crippen LogP contribution < -0.4 is 16.0 Å². The van der Waals surface area contributed by atoms with Crippen molar-refractivity contribution in [2.45, 2.75) is 20.0 Å². The van der Waals surface area contributed by atoms with Crippen molar-refractivity contribution in [3.63, 3.8) is 0 Å². The van der Waals surface area contributed by atoms with Crippen LogP contribution in [0.15, 0.2) is 78.9 Å². The summed E-state index contributed by atoms with van der Waals surface area (Å²) >= 11 is 0. The molecule has 0 saturated heterocycles. The van der Waals surface area contributed by atoms with Crippen LogP contribution in [-0.4, -0.2) is 23.9 Å². The summed E-state index contributed by atoms with van der Waals surface area (Å²) in [5.74, 6) is -0.683. The lowest BCUT2D eigenvalue weighted by Gasteiger charge is -2.17. The van der Waals surface area contributed by atoms with E-state index in [1.807, 2.05) is 31.2 Å². The van der Waals surface area contributed by atoms with E-state index in [1.165, 1.54) is 0 Å². The average Bonchev–Trinajstić information content (AvgIpc) is 2.73. The smallest absolute Gasteiger partial charge is 0.320 e. The van der Waals surface area contributed by atoms with Gasteiger partial charge in [0.2, 0.25) is 0 Å². The third-order valence-corrected chi connectivity index (χ3v) is 4.42. The Hall–Kier alpha value is -3.93. The van der Waals surface area contributed by atoms with Gasteiger partial charge in [-0.05, 0) is 37.6 Å². The molecule has 1 unspecified atom stereocenters. The Bertz CT molecular complexity index is 1060. The van der Waals surface area contributed by atoms with Gasteiger partial charge in [0.05, 0.1) is 5.56 Å². The topological polar surface area (TPSA) is 87.3 Å². The number of urea groups is 1. The van der Waals surface area contributed by atoms with Crippen molar-refractivity contribution in [3.05, 3.63) is 101 Å². The maximum atomic E-state index is 12.8. The Morgan fingerprint density at radius 1 is 0.767 bits per heavy atom. The minimum absolute atomic E-state index is 0.237. The molecule has 0 bridgehead atoms. The molecule has 0 fully saturated rings. The quantitative estimate of drug-likeness (QED) is 0.429. The van der Waals surface area contributed by atoms with E-state index in [1.54, 1.807) is 61.5 Å². The van der Waals surface area contributed by atoms with Gasteiger partial charge >= 0.3 is 6.03 Å². The fraction of sp³-hybridized carbons (Fsp3) is 0.125. The molecule has 6 heteroatoms. The number of ketones is 1. The molecule has 0 aliphatic carbocycles. The molecular formula is C24H23N3O3. The summed E-state index contributed by atoms with van der Waals surface area (Å²) in [6.07, 6.45) is -0.651. The predicted molar refractivity (Wildman–Crippen MR) is 117 cm³/mol. The molecule has 3 aromatic rings. The predicted octanol–water partition coefficient (Wildman–Crippen LogP) is 4.12. The average molecular weight is 401 g/mol. The maximum Gasteiger partial charge on any atom is 0.320 e. The molecule has 0 aromatic heterocycles. The fourth-order valence-electron chi connectivity index (χ4n) is 3.02. The van der Waals surface area contributed by atoms with Gasteiger partial charge < -0.3 is 16.0 Å².